The molecule has 0 aromatic heterocycles. The molecule has 1 aromatic carbocycles. The molecule has 0 aliphatic heterocycles. The van der Waals surface area contributed by atoms with Gasteiger partial charge in [-0.05, 0) is 5.56 Å². The van der Waals surface area contributed by atoms with Gasteiger partial charge in [0, 0.05) is 5.92 Å². The lowest BCUT2D eigenvalue weighted by Crippen LogP contribution is -2.34. The number of aliphatic hydroxyl groups is 1. The number of rotatable bonds is 4. The molecule has 1 amide bonds. The van der Waals surface area contributed by atoms with Gasteiger partial charge in [0.05, 0.1) is 12.0 Å². The first-order valence-electron chi connectivity index (χ1n) is 5.06. The van der Waals surface area contributed by atoms with Gasteiger partial charge in [0.25, 0.3) is 0 Å². The van der Waals surface area contributed by atoms with Crippen molar-refractivity contribution in [3.8, 4) is 0 Å². The van der Waals surface area contributed by atoms with Crippen LogP contribution in [0.2, 0.25) is 0 Å². The Kier molecular flexibility index (Phi) is 3.86. The molecule has 1 rings (SSSR count). The summed E-state index contributed by atoms with van der Waals surface area (Å²) in [6.07, 6.45) is -0.732. The molecule has 3 nitrogen and oxygen atoms in total. The van der Waals surface area contributed by atoms with Crippen molar-refractivity contribution in [3.63, 3.8) is 0 Å². The van der Waals surface area contributed by atoms with Crippen LogP contribution in [-0.4, -0.2) is 17.1 Å². The third kappa shape index (κ3) is 2.80. The first-order valence-corrected chi connectivity index (χ1v) is 5.06. The first-order chi connectivity index (χ1) is 7.04. The highest BCUT2D eigenvalue weighted by atomic mass is 16.3. The van der Waals surface area contributed by atoms with Crippen molar-refractivity contribution in [3.05, 3.63) is 35.9 Å². The Morgan fingerprint density at radius 2 is 1.80 bits per heavy atom. The Bertz CT molecular complexity index is 324. The van der Waals surface area contributed by atoms with Crippen LogP contribution in [0.1, 0.15) is 25.3 Å². The van der Waals surface area contributed by atoms with Crippen molar-refractivity contribution in [1.29, 1.82) is 0 Å². The van der Waals surface area contributed by atoms with Gasteiger partial charge >= 0.3 is 0 Å². The van der Waals surface area contributed by atoms with Gasteiger partial charge < -0.3 is 10.8 Å². The van der Waals surface area contributed by atoms with E-state index in [2.05, 4.69) is 0 Å². The monoisotopic (exact) mass is 207 g/mol. The van der Waals surface area contributed by atoms with Gasteiger partial charge in [0.1, 0.15) is 0 Å². The van der Waals surface area contributed by atoms with E-state index in [1.165, 1.54) is 0 Å². The molecule has 1 aromatic rings. The Hall–Kier alpha value is -1.35. The Morgan fingerprint density at radius 1 is 1.27 bits per heavy atom. The van der Waals surface area contributed by atoms with Gasteiger partial charge in [-0.25, -0.2) is 0 Å². The maximum Gasteiger partial charge on any atom is 0.222 e. The molecule has 3 unspecified atom stereocenters. The highest BCUT2D eigenvalue weighted by molar-refractivity contribution is 5.77. The van der Waals surface area contributed by atoms with Crippen molar-refractivity contribution in [2.24, 2.45) is 11.7 Å². The molecule has 3 heteroatoms. The Balaban J connectivity index is 2.77. The van der Waals surface area contributed by atoms with Crippen LogP contribution in [0.25, 0.3) is 0 Å². The predicted molar refractivity (Wildman–Crippen MR) is 59.2 cm³/mol. The highest BCUT2D eigenvalue weighted by Crippen LogP contribution is 2.23. The van der Waals surface area contributed by atoms with Crippen LogP contribution >= 0.6 is 0 Å². The fraction of sp³-hybridized carbons (Fsp3) is 0.417. The summed E-state index contributed by atoms with van der Waals surface area (Å²) < 4.78 is 0. The van der Waals surface area contributed by atoms with E-state index < -0.39 is 17.9 Å². The number of primary amides is 1. The average molecular weight is 207 g/mol. The molecule has 3 N–H and O–H groups in total. The van der Waals surface area contributed by atoms with E-state index in [-0.39, 0.29) is 5.92 Å². The summed E-state index contributed by atoms with van der Waals surface area (Å²) in [6.45, 7) is 3.53. The molecule has 15 heavy (non-hydrogen) atoms. The Morgan fingerprint density at radius 3 is 2.27 bits per heavy atom. The van der Waals surface area contributed by atoms with Crippen LogP contribution in [0.3, 0.4) is 0 Å². The number of carbonyl (C=O) groups is 1. The number of carbonyl (C=O) groups excluding carboxylic acids is 1. The van der Waals surface area contributed by atoms with Gasteiger partial charge in [0.2, 0.25) is 5.91 Å². The molecule has 82 valence electrons. The zero-order valence-corrected chi connectivity index (χ0v) is 9.05. The maximum atomic E-state index is 10.9. The minimum absolute atomic E-state index is 0.0892. The van der Waals surface area contributed by atoms with Crippen LogP contribution in [0, 0.1) is 5.92 Å². The molecule has 0 spiro atoms. The van der Waals surface area contributed by atoms with Gasteiger partial charge in [-0.2, -0.15) is 0 Å². The smallest absolute Gasteiger partial charge is 0.222 e. The van der Waals surface area contributed by atoms with E-state index in [0.29, 0.717) is 0 Å². The number of hydrogen-bond donors (Lipinski definition) is 2. The molecule has 0 heterocycles. The molecular formula is C12H17NO2. The summed E-state index contributed by atoms with van der Waals surface area (Å²) in [4.78, 5) is 10.9. The first kappa shape index (κ1) is 11.7. The lowest BCUT2D eigenvalue weighted by molar-refractivity contribution is -0.124. The van der Waals surface area contributed by atoms with Crippen molar-refractivity contribution in [2.45, 2.75) is 25.9 Å². The molecule has 0 saturated carbocycles. The molecule has 0 fully saturated rings. The number of nitrogens with two attached hydrogens (primary N) is 1. The summed E-state index contributed by atoms with van der Waals surface area (Å²) in [5.74, 6) is -1.08. The average Bonchev–Trinajstić information content (AvgIpc) is 2.27. The van der Waals surface area contributed by atoms with Crippen LogP contribution < -0.4 is 5.73 Å². The minimum Gasteiger partial charge on any atom is -0.392 e. The third-order valence-corrected chi connectivity index (χ3v) is 2.80. The lowest BCUT2D eigenvalue weighted by atomic mass is 9.88. The minimum atomic E-state index is -0.732. The second-order valence-electron chi connectivity index (χ2n) is 3.88. The van der Waals surface area contributed by atoms with E-state index in [0.717, 1.165) is 5.56 Å². The number of benzene rings is 1. The van der Waals surface area contributed by atoms with Crippen molar-refractivity contribution in [1.82, 2.24) is 0 Å². The van der Waals surface area contributed by atoms with Crippen LogP contribution in [0.5, 0.6) is 0 Å². The summed E-state index contributed by atoms with van der Waals surface area (Å²) in [7, 11) is 0. The standard InChI is InChI=1S/C12H17NO2/c1-8(10-6-4-3-5-7-10)11(14)9(2)12(13)15/h3-9,11,14H,1-2H3,(H2,13,15). The van der Waals surface area contributed by atoms with Crippen molar-refractivity contribution < 1.29 is 9.90 Å². The van der Waals surface area contributed by atoms with E-state index in [1.54, 1.807) is 6.92 Å². The fourth-order valence-corrected chi connectivity index (χ4v) is 1.56. The van der Waals surface area contributed by atoms with E-state index in [4.69, 9.17) is 5.73 Å². The van der Waals surface area contributed by atoms with E-state index in [1.807, 2.05) is 37.3 Å². The van der Waals surface area contributed by atoms with Gasteiger partial charge in [0.15, 0.2) is 0 Å². The molecule has 0 bridgehead atoms. The number of amides is 1. The maximum absolute atomic E-state index is 10.9. The normalized spacial score (nSPS) is 16.7. The van der Waals surface area contributed by atoms with Gasteiger partial charge in [-0.15, -0.1) is 0 Å². The fourth-order valence-electron chi connectivity index (χ4n) is 1.56. The molecule has 0 aliphatic carbocycles. The van der Waals surface area contributed by atoms with Crippen molar-refractivity contribution in [2.75, 3.05) is 0 Å². The molecule has 3 atom stereocenters. The number of hydrogen-bond acceptors (Lipinski definition) is 2. The summed E-state index contributed by atoms with van der Waals surface area (Å²) in [6, 6.07) is 9.60. The third-order valence-electron chi connectivity index (χ3n) is 2.80. The second-order valence-corrected chi connectivity index (χ2v) is 3.88. The van der Waals surface area contributed by atoms with E-state index >= 15 is 0 Å². The number of aliphatic hydroxyl groups excluding tert-OH is 1. The van der Waals surface area contributed by atoms with Crippen LogP contribution in [0.15, 0.2) is 30.3 Å². The summed E-state index contributed by atoms with van der Waals surface area (Å²) in [5, 5.41) is 9.91. The Labute approximate surface area is 89.9 Å². The summed E-state index contributed by atoms with van der Waals surface area (Å²) in [5.41, 5.74) is 6.17. The molecule has 0 aliphatic rings. The quantitative estimate of drug-likeness (QED) is 0.781. The summed E-state index contributed by atoms with van der Waals surface area (Å²) >= 11 is 0. The zero-order chi connectivity index (χ0) is 11.4. The lowest BCUT2D eigenvalue weighted by Gasteiger charge is -2.23. The molecular weight excluding hydrogens is 190 g/mol. The molecule has 0 radical (unpaired) electrons. The van der Waals surface area contributed by atoms with Crippen LogP contribution in [-0.2, 0) is 4.79 Å². The largest absolute Gasteiger partial charge is 0.392 e. The second kappa shape index (κ2) is 4.94. The van der Waals surface area contributed by atoms with Crippen LogP contribution in [0.4, 0.5) is 0 Å². The van der Waals surface area contributed by atoms with Gasteiger partial charge in [-0.3, -0.25) is 4.79 Å². The SMILES string of the molecule is CC(C(N)=O)C(O)C(C)c1ccccc1. The zero-order valence-electron chi connectivity index (χ0n) is 9.05. The van der Waals surface area contributed by atoms with Crippen molar-refractivity contribution >= 4 is 5.91 Å². The highest BCUT2D eigenvalue weighted by Gasteiger charge is 2.25. The van der Waals surface area contributed by atoms with E-state index in [9.17, 15) is 9.90 Å². The topological polar surface area (TPSA) is 63.3 Å². The molecule has 0 saturated heterocycles. The predicted octanol–water partition coefficient (Wildman–Crippen LogP) is 1.27. The van der Waals surface area contributed by atoms with Gasteiger partial charge in [-0.1, -0.05) is 44.2 Å².